The highest BCUT2D eigenvalue weighted by atomic mass is 16.7. The lowest BCUT2D eigenvalue weighted by atomic mass is 10.3. The van der Waals surface area contributed by atoms with Crippen LogP contribution in [-0.4, -0.2) is 24.1 Å². The van der Waals surface area contributed by atoms with E-state index in [9.17, 15) is 19.2 Å². The first kappa shape index (κ1) is 20.0. The largest absolute Gasteiger partial charge is 0.446 e. The number of para-hydroxylation sites is 2. The molecule has 0 saturated carbocycles. The Kier molecular flexibility index (Phi) is 7.57. The third-order valence-corrected chi connectivity index (χ3v) is 2.73. The van der Waals surface area contributed by atoms with Gasteiger partial charge in [0.25, 0.3) is 0 Å². The topological polar surface area (TPSA) is 129 Å². The molecule has 0 saturated heterocycles. The van der Waals surface area contributed by atoms with Crippen LogP contribution < -0.4 is 20.4 Å². The summed E-state index contributed by atoms with van der Waals surface area (Å²) in [6.45, 7) is 0. The maximum atomic E-state index is 11.4. The second-order valence-electron chi connectivity index (χ2n) is 4.78. The Morgan fingerprint density at radius 2 is 0.964 bits per heavy atom. The number of hydroxylamine groups is 2. The van der Waals surface area contributed by atoms with E-state index in [1.807, 2.05) is 0 Å². The molecule has 2 rings (SSSR count). The minimum atomic E-state index is -1.09. The second-order valence-corrected chi connectivity index (χ2v) is 4.78. The number of hydrogen-bond acceptors (Lipinski definition) is 8. The molecule has 10 heteroatoms. The molecule has 2 aromatic carbocycles. The van der Waals surface area contributed by atoms with Crippen molar-refractivity contribution in [2.45, 2.75) is 0 Å². The molecule has 0 radical (unpaired) electrons. The first-order chi connectivity index (χ1) is 13.5. The summed E-state index contributed by atoms with van der Waals surface area (Å²) in [5.74, 6) is -1.70. The van der Waals surface area contributed by atoms with E-state index < -0.39 is 24.1 Å². The van der Waals surface area contributed by atoms with Crippen LogP contribution >= 0.6 is 0 Å². The molecule has 0 spiro atoms. The van der Waals surface area contributed by atoms with Gasteiger partial charge in [0.1, 0.15) is 11.5 Å². The summed E-state index contributed by atoms with van der Waals surface area (Å²) in [5.41, 5.74) is 3.46. The van der Waals surface area contributed by atoms with Gasteiger partial charge in [0.05, 0.1) is 0 Å². The van der Waals surface area contributed by atoms with Crippen molar-refractivity contribution in [3.63, 3.8) is 0 Å². The van der Waals surface area contributed by atoms with E-state index in [1.54, 1.807) is 47.4 Å². The van der Waals surface area contributed by atoms with Crippen LogP contribution in [0.25, 0.3) is 0 Å². The molecular weight excluding hydrogens is 372 g/mol. The Hall–Kier alpha value is -4.34. The molecule has 144 valence electrons. The molecule has 2 aromatic rings. The lowest BCUT2D eigenvalue weighted by Crippen LogP contribution is -2.30. The fourth-order valence-electron chi connectivity index (χ4n) is 1.62. The third-order valence-electron chi connectivity index (χ3n) is 2.73. The van der Waals surface area contributed by atoms with Crippen LogP contribution in [0.1, 0.15) is 0 Å². The van der Waals surface area contributed by atoms with Crippen molar-refractivity contribution in [2.75, 3.05) is 0 Å². The number of rotatable bonds is 4. The molecular formula is C18H14N2O8. The van der Waals surface area contributed by atoms with Crippen molar-refractivity contribution < 1.29 is 38.3 Å². The van der Waals surface area contributed by atoms with Crippen LogP contribution in [0.4, 0.5) is 9.59 Å². The molecule has 0 aliphatic rings. The molecule has 0 unspecified atom stereocenters. The summed E-state index contributed by atoms with van der Waals surface area (Å²) in [6.07, 6.45) is -0.758. The van der Waals surface area contributed by atoms with E-state index in [-0.39, 0.29) is 11.5 Å². The highest BCUT2D eigenvalue weighted by Gasteiger charge is 2.09. The minimum absolute atomic E-state index is 0.239. The summed E-state index contributed by atoms with van der Waals surface area (Å²) in [4.78, 5) is 54.3. The van der Waals surface area contributed by atoms with Crippen molar-refractivity contribution in [1.29, 1.82) is 0 Å². The second kappa shape index (κ2) is 10.6. The Bertz CT molecular complexity index is 781. The zero-order valence-corrected chi connectivity index (χ0v) is 14.2. The third kappa shape index (κ3) is 7.70. The number of benzene rings is 2. The number of carbonyl (C=O) groups excluding carboxylic acids is 4. The molecule has 28 heavy (non-hydrogen) atoms. The van der Waals surface area contributed by atoms with Crippen molar-refractivity contribution in [3.05, 3.63) is 72.8 Å². The Balaban J connectivity index is 1.65. The van der Waals surface area contributed by atoms with Gasteiger partial charge in [-0.25, -0.2) is 19.2 Å². The molecule has 0 aliphatic heterocycles. The lowest BCUT2D eigenvalue weighted by Gasteiger charge is -2.05. The fourth-order valence-corrected chi connectivity index (χ4v) is 1.62. The Morgan fingerprint density at radius 3 is 1.32 bits per heavy atom. The van der Waals surface area contributed by atoms with Crippen LogP contribution in [0, 0.1) is 0 Å². The first-order valence-electron chi connectivity index (χ1n) is 7.68. The zero-order chi connectivity index (χ0) is 20.2. The number of carbonyl (C=O) groups is 4. The maximum absolute atomic E-state index is 11.4. The molecule has 0 atom stereocenters. The van der Waals surface area contributed by atoms with Crippen LogP contribution in [-0.2, 0) is 19.3 Å². The zero-order valence-electron chi connectivity index (χ0n) is 14.2. The number of amides is 2. The highest BCUT2D eigenvalue weighted by molar-refractivity contribution is 5.92. The van der Waals surface area contributed by atoms with Crippen LogP contribution in [0.15, 0.2) is 72.8 Å². The number of hydrogen-bond donors (Lipinski definition) is 2. The standard InChI is InChI=1S/C18H14N2O8/c21-15(27-19-17(23)25-13-7-3-1-4-8-13)11-12-16(22)28-20-18(24)26-14-9-5-2-6-10-14/h1-12H,(H,19,23)(H,20,24)/b12-11+. The molecule has 2 amide bonds. The van der Waals surface area contributed by atoms with Crippen LogP contribution in [0.3, 0.4) is 0 Å². The number of nitrogens with one attached hydrogen (secondary N) is 2. The summed E-state index contributed by atoms with van der Waals surface area (Å²) in [7, 11) is 0. The summed E-state index contributed by atoms with van der Waals surface area (Å²) >= 11 is 0. The molecule has 0 fully saturated rings. The van der Waals surface area contributed by atoms with Crippen molar-refractivity contribution >= 4 is 24.1 Å². The minimum Gasteiger partial charge on any atom is -0.408 e. The fraction of sp³-hybridized carbons (Fsp3) is 0. The quantitative estimate of drug-likeness (QED) is 0.603. The lowest BCUT2D eigenvalue weighted by molar-refractivity contribution is -0.145. The summed E-state index contributed by atoms with van der Waals surface area (Å²) < 4.78 is 9.60. The van der Waals surface area contributed by atoms with E-state index in [0.29, 0.717) is 12.2 Å². The monoisotopic (exact) mass is 386 g/mol. The van der Waals surface area contributed by atoms with E-state index in [4.69, 9.17) is 9.47 Å². The molecule has 0 bridgehead atoms. The van der Waals surface area contributed by atoms with E-state index >= 15 is 0 Å². The predicted octanol–water partition coefficient (Wildman–Crippen LogP) is 2.04. The smallest absolute Gasteiger partial charge is 0.408 e. The van der Waals surface area contributed by atoms with Crippen LogP contribution in [0.2, 0.25) is 0 Å². The first-order valence-corrected chi connectivity index (χ1v) is 7.68. The average Bonchev–Trinajstić information content (AvgIpc) is 2.70. The van der Waals surface area contributed by atoms with Gasteiger partial charge in [-0.15, -0.1) is 11.0 Å². The van der Waals surface area contributed by atoms with Gasteiger partial charge in [-0.1, -0.05) is 36.4 Å². The van der Waals surface area contributed by atoms with Gasteiger partial charge in [-0.3, -0.25) is 0 Å². The molecule has 10 nitrogen and oxygen atoms in total. The van der Waals surface area contributed by atoms with Gasteiger partial charge in [0.15, 0.2) is 0 Å². The average molecular weight is 386 g/mol. The van der Waals surface area contributed by atoms with Gasteiger partial charge >= 0.3 is 24.1 Å². The normalized spacial score (nSPS) is 9.86. The van der Waals surface area contributed by atoms with E-state index in [0.717, 1.165) is 0 Å². The molecule has 0 aromatic heterocycles. The van der Waals surface area contributed by atoms with Gasteiger partial charge in [-0.05, 0) is 24.3 Å². The highest BCUT2D eigenvalue weighted by Crippen LogP contribution is 2.08. The van der Waals surface area contributed by atoms with Gasteiger partial charge in [0, 0.05) is 12.2 Å². The van der Waals surface area contributed by atoms with Crippen molar-refractivity contribution in [1.82, 2.24) is 11.0 Å². The van der Waals surface area contributed by atoms with Gasteiger partial charge in [0.2, 0.25) is 0 Å². The van der Waals surface area contributed by atoms with Gasteiger partial charge < -0.3 is 19.1 Å². The predicted molar refractivity (Wildman–Crippen MR) is 92.5 cm³/mol. The van der Waals surface area contributed by atoms with Gasteiger partial charge in [-0.2, -0.15) is 0 Å². The number of ether oxygens (including phenoxy) is 2. The Labute approximate surface area is 158 Å². The Morgan fingerprint density at radius 1 is 0.607 bits per heavy atom. The van der Waals surface area contributed by atoms with Crippen molar-refractivity contribution in [2.24, 2.45) is 0 Å². The molecule has 2 N–H and O–H groups in total. The summed E-state index contributed by atoms with van der Waals surface area (Å²) in [6, 6.07) is 16.1. The molecule has 0 heterocycles. The molecule has 0 aliphatic carbocycles. The summed E-state index contributed by atoms with van der Waals surface area (Å²) in [5, 5.41) is 0. The van der Waals surface area contributed by atoms with Crippen LogP contribution in [0.5, 0.6) is 11.5 Å². The van der Waals surface area contributed by atoms with Crippen molar-refractivity contribution in [3.8, 4) is 11.5 Å². The van der Waals surface area contributed by atoms with E-state index in [2.05, 4.69) is 9.68 Å². The van der Waals surface area contributed by atoms with E-state index in [1.165, 1.54) is 24.3 Å². The SMILES string of the molecule is O=C(/C=C/C(=O)ONC(=O)Oc1ccccc1)ONC(=O)Oc1ccccc1. The maximum Gasteiger partial charge on any atom is 0.446 e.